The van der Waals surface area contributed by atoms with Crippen LogP contribution >= 0.6 is 0 Å². The Labute approximate surface area is 193 Å². The van der Waals surface area contributed by atoms with E-state index in [0.29, 0.717) is 37.4 Å². The molecule has 4 rings (SSSR count). The quantitative estimate of drug-likeness (QED) is 0.571. The summed E-state index contributed by atoms with van der Waals surface area (Å²) in [5.74, 6) is 1.18. The minimum absolute atomic E-state index is 0.212. The van der Waals surface area contributed by atoms with Crippen LogP contribution in [0.4, 0.5) is 0 Å². The fourth-order valence-electron chi connectivity index (χ4n) is 4.04. The van der Waals surface area contributed by atoms with Crippen LogP contribution < -0.4 is 10.1 Å². The molecule has 0 saturated carbocycles. The van der Waals surface area contributed by atoms with Crippen molar-refractivity contribution >= 4 is 5.91 Å². The van der Waals surface area contributed by atoms with Crippen LogP contribution in [0.3, 0.4) is 0 Å². The lowest BCUT2D eigenvalue weighted by Gasteiger charge is -2.27. The van der Waals surface area contributed by atoms with Crippen molar-refractivity contribution < 1.29 is 19.2 Å². The van der Waals surface area contributed by atoms with Crippen molar-refractivity contribution in [2.24, 2.45) is 0 Å². The summed E-state index contributed by atoms with van der Waals surface area (Å²) in [6.07, 6.45) is 2.72. The Bertz CT molecular complexity index is 1030. The molecular formula is C25H30N4O4. The van der Waals surface area contributed by atoms with Gasteiger partial charge in [-0.2, -0.15) is 0 Å². The summed E-state index contributed by atoms with van der Waals surface area (Å²) < 4.78 is 11.0. The molecule has 1 aromatic carbocycles. The summed E-state index contributed by atoms with van der Waals surface area (Å²) >= 11 is 0. The number of benzene rings is 1. The molecule has 2 atom stereocenters. The first-order chi connectivity index (χ1) is 16.0. The monoisotopic (exact) mass is 450 g/mol. The van der Waals surface area contributed by atoms with Crippen LogP contribution in [-0.2, 0) is 13.2 Å². The van der Waals surface area contributed by atoms with E-state index in [0.717, 1.165) is 35.7 Å². The summed E-state index contributed by atoms with van der Waals surface area (Å²) in [4.78, 5) is 19.5. The molecule has 8 nitrogen and oxygen atoms in total. The summed E-state index contributed by atoms with van der Waals surface area (Å²) in [5, 5.41) is 17.5. The Morgan fingerprint density at radius 1 is 1.24 bits per heavy atom. The molecule has 1 aliphatic rings. The number of hydrogen-bond acceptors (Lipinski definition) is 7. The summed E-state index contributed by atoms with van der Waals surface area (Å²) in [7, 11) is 0. The lowest BCUT2D eigenvalue weighted by molar-refractivity contribution is 0.0797. The highest BCUT2D eigenvalue weighted by atomic mass is 16.5. The normalized spacial score (nSPS) is 19.1. The molecule has 0 radical (unpaired) electrons. The second-order valence-electron chi connectivity index (χ2n) is 8.46. The van der Waals surface area contributed by atoms with Gasteiger partial charge in [-0.3, -0.25) is 14.7 Å². The third kappa shape index (κ3) is 5.97. The van der Waals surface area contributed by atoms with E-state index >= 15 is 0 Å². The fourth-order valence-corrected chi connectivity index (χ4v) is 4.04. The number of hydrogen-bond donors (Lipinski definition) is 2. The summed E-state index contributed by atoms with van der Waals surface area (Å²) in [5.41, 5.74) is 3.23. The third-order valence-electron chi connectivity index (χ3n) is 6.00. The maximum Gasteiger partial charge on any atom is 0.251 e. The van der Waals surface area contributed by atoms with Crippen molar-refractivity contribution in [3.05, 3.63) is 76.9 Å². The van der Waals surface area contributed by atoms with E-state index in [-0.39, 0.29) is 11.9 Å². The van der Waals surface area contributed by atoms with E-state index in [9.17, 15) is 9.90 Å². The highest BCUT2D eigenvalue weighted by molar-refractivity contribution is 5.94. The molecule has 0 bridgehead atoms. The van der Waals surface area contributed by atoms with Crippen LogP contribution in [0.25, 0.3) is 0 Å². The molecule has 0 unspecified atom stereocenters. The van der Waals surface area contributed by atoms with E-state index in [1.165, 1.54) is 0 Å². The van der Waals surface area contributed by atoms with Crippen molar-refractivity contribution in [1.82, 2.24) is 20.4 Å². The zero-order valence-corrected chi connectivity index (χ0v) is 19.0. The number of aliphatic hydroxyl groups is 1. The number of aryl methyl sites for hydroxylation is 2. The molecule has 1 saturated heterocycles. The lowest BCUT2D eigenvalue weighted by Crippen LogP contribution is -2.48. The van der Waals surface area contributed by atoms with Crippen LogP contribution in [0.2, 0.25) is 0 Å². The molecule has 174 valence electrons. The van der Waals surface area contributed by atoms with Crippen LogP contribution in [-0.4, -0.2) is 51.3 Å². The molecule has 2 aromatic heterocycles. The van der Waals surface area contributed by atoms with Gasteiger partial charge in [0.2, 0.25) is 0 Å². The second-order valence-corrected chi connectivity index (χ2v) is 8.46. The van der Waals surface area contributed by atoms with Crippen molar-refractivity contribution in [2.45, 2.75) is 52.0 Å². The van der Waals surface area contributed by atoms with Crippen LogP contribution in [0, 0.1) is 13.8 Å². The fraction of sp³-hybridized carbons (Fsp3) is 0.400. The lowest BCUT2D eigenvalue weighted by atomic mass is 10.1. The van der Waals surface area contributed by atoms with E-state index in [2.05, 4.69) is 20.4 Å². The van der Waals surface area contributed by atoms with Crippen molar-refractivity contribution in [3.63, 3.8) is 0 Å². The number of pyridine rings is 1. The van der Waals surface area contributed by atoms with Gasteiger partial charge in [-0.15, -0.1) is 0 Å². The second kappa shape index (κ2) is 10.6. The third-order valence-corrected chi connectivity index (χ3v) is 6.00. The molecule has 2 N–H and O–H groups in total. The predicted octanol–water partition coefficient (Wildman–Crippen LogP) is 3.02. The number of aliphatic hydroxyl groups excluding tert-OH is 1. The number of nitrogens with one attached hydrogen (secondary N) is 1. The Morgan fingerprint density at radius 3 is 2.76 bits per heavy atom. The molecule has 0 aliphatic carbocycles. The number of amides is 1. The highest BCUT2D eigenvalue weighted by Gasteiger charge is 2.27. The summed E-state index contributed by atoms with van der Waals surface area (Å²) in [6.45, 7) is 6.21. The molecule has 3 aromatic rings. The molecular weight excluding hydrogens is 420 g/mol. The Kier molecular flexibility index (Phi) is 7.36. The molecule has 3 heterocycles. The number of aromatic nitrogens is 2. The van der Waals surface area contributed by atoms with E-state index in [1.54, 1.807) is 30.5 Å². The maximum absolute atomic E-state index is 12.9. The van der Waals surface area contributed by atoms with Crippen molar-refractivity contribution in [2.75, 3.05) is 13.1 Å². The average molecular weight is 451 g/mol. The van der Waals surface area contributed by atoms with Crippen LogP contribution in [0.15, 0.2) is 53.2 Å². The van der Waals surface area contributed by atoms with Gasteiger partial charge in [-0.1, -0.05) is 11.2 Å². The summed E-state index contributed by atoms with van der Waals surface area (Å²) in [6, 6.07) is 12.5. The molecule has 1 amide bonds. The Balaban J connectivity index is 1.34. The van der Waals surface area contributed by atoms with Gasteiger partial charge < -0.3 is 19.7 Å². The number of likely N-dealkylation sites (tertiary alicyclic amines) is 1. The van der Waals surface area contributed by atoms with Gasteiger partial charge in [-0.25, -0.2) is 0 Å². The number of nitrogens with zero attached hydrogens (tertiary/aromatic N) is 3. The first kappa shape index (κ1) is 22.9. The zero-order chi connectivity index (χ0) is 23.2. The van der Waals surface area contributed by atoms with Gasteiger partial charge in [0, 0.05) is 24.8 Å². The van der Waals surface area contributed by atoms with Crippen LogP contribution in [0.1, 0.15) is 45.9 Å². The van der Waals surface area contributed by atoms with Gasteiger partial charge in [0.1, 0.15) is 18.1 Å². The number of carbonyl (C=O) groups is 1. The number of ether oxygens (including phenoxy) is 1. The first-order valence-corrected chi connectivity index (χ1v) is 11.3. The number of rotatable bonds is 7. The average Bonchev–Trinajstić information content (AvgIpc) is 3.04. The predicted molar refractivity (Wildman–Crippen MR) is 123 cm³/mol. The largest absolute Gasteiger partial charge is 0.489 e. The molecule has 0 spiro atoms. The molecule has 1 fully saturated rings. The smallest absolute Gasteiger partial charge is 0.251 e. The molecule has 33 heavy (non-hydrogen) atoms. The number of carbonyl (C=O) groups excluding carboxylic acids is 1. The van der Waals surface area contributed by atoms with Crippen molar-refractivity contribution in [3.8, 4) is 5.75 Å². The van der Waals surface area contributed by atoms with Gasteiger partial charge in [-0.05, 0) is 69.6 Å². The minimum Gasteiger partial charge on any atom is -0.489 e. The minimum atomic E-state index is -0.583. The Hall–Kier alpha value is -3.23. The van der Waals surface area contributed by atoms with E-state index in [1.807, 2.05) is 32.0 Å². The van der Waals surface area contributed by atoms with E-state index < -0.39 is 6.10 Å². The maximum atomic E-state index is 12.9. The highest BCUT2D eigenvalue weighted by Crippen LogP contribution is 2.19. The Morgan fingerprint density at radius 2 is 2.06 bits per heavy atom. The standard InChI is InChI=1S/C25H30N4O4/c1-17-22(18(2)33-28-17)16-32-21-10-8-19(9-11-21)25(31)27-23-15-29(13-5-7-24(23)30)14-20-6-3-4-12-26-20/h3-4,6,8-12,23-24,30H,5,7,13-16H2,1-2H3,(H,27,31)/t23-,24-/m1/s1. The van der Waals surface area contributed by atoms with Crippen molar-refractivity contribution in [1.29, 1.82) is 0 Å². The molecule has 1 aliphatic heterocycles. The van der Waals surface area contributed by atoms with Crippen LogP contribution in [0.5, 0.6) is 5.75 Å². The van der Waals surface area contributed by atoms with Gasteiger partial charge >= 0.3 is 0 Å². The van der Waals surface area contributed by atoms with Gasteiger partial charge in [0.25, 0.3) is 5.91 Å². The SMILES string of the molecule is Cc1noc(C)c1COc1ccc(C(=O)N[C@@H]2CN(Cc3ccccn3)CCC[C@H]2O)cc1. The van der Waals surface area contributed by atoms with Gasteiger partial charge in [0.15, 0.2) is 0 Å². The first-order valence-electron chi connectivity index (χ1n) is 11.3. The molecule has 8 heteroatoms. The topological polar surface area (TPSA) is 101 Å². The van der Waals surface area contributed by atoms with Gasteiger partial charge in [0.05, 0.1) is 29.1 Å². The zero-order valence-electron chi connectivity index (χ0n) is 19.0. The van der Waals surface area contributed by atoms with E-state index in [4.69, 9.17) is 9.26 Å².